The van der Waals surface area contributed by atoms with E-state index in [4.69, 9.17) is 0 Å². The largest absolute Gasteiger partial charge is 0.296 e. The molecule has 2 heterocycles. The number of nitrogens with one attached hydrogen (secondary N) is 1. The van der Waals surface area contributed by atoms with Crippen molar-refractivity contribution < 1.29 is 14.4 Å². The average molecular weight is 384 g/mol. The Kier molecular flexibility index (Phi) is 4.51. The molecule has 2 aromatic rings. The van der Waals surface area contributed by atoms with Crippen LogP contribution >= 0.6 is 11.3 Å². The summed E-state index contributed by atoms with van der Waals surface area (Å²) in [6, 6.07) is 4.60. The second kappa shape index (κ2) is 6.84. The van der Waals surface area contributed by atoms with E-state index < -0.39 is 0 Å². The van der Waals surface area contributed by atoms with Crippen molar-refractivity contribution in [3.63, 3.8) is 0 Å². The van der Waals surface area contributed by atoms with E-state index in [1.165, 1.54) is 22.3 Å². The Bertz CT molecular complexity index is 933. The molecule has 1 aliphatic carbocycles. The Hall–Kier alpha value is -2.61. The standard InChI is InChI=1S/C19H20N4O3S/c1-10(2)7-8-23-17(25)13-6-5-12(9-14(13)18(23)26)15(24)20-19-22-21-16(27-19)11-3-4-11/h5-6,9-11H,3-4,7-8H2,1-2H3,(H,20,22,24). The summed E-state index contributed by atoms with van der Waals surface area (Å²) in [4.78, 5) is 38.8. The number of rotatable bonds is 6. The zero-order valence-corrected chi connectivity index (χ0v) is 16.0. The van der Waals surface area contributed by atoms with Gasteiger partial charge in [0.05, 0.1) is 11.1 Å². The fraction of sp³-hybridized carbons (Fsp3) is 0.421. The van der Waals surface area contributed by atoms with Gasteiger partial charge in [-0.05, 0) is 43.4 Å². The molecule has 0 saturated heterocycles. The van der Waals surface area contributed by atoms with Crippen LogP contribution in [-0.4, -0.2) is 39.4 Å². The second-order valence-electron chi connectivity index (χ2n) is 7.38. The smallest absolute Gasteiger partial charge is 0.261 e. The first-order valence-corrected chi connectivity index (χ1v) is 9.90. The highest BCUT2D eigenvalue weighted by atomic mass is 32.1. The summed E-state index contributed by atoms with van der Waals surface area (Å²) in [5.41, 5.74) is 0.961. The third-order valence-electron chi connectivity index (χ3n) is 4.75. The predicted octanol–water partition coefficient (Wildman–Crippen LogP) is 3.31. The van der Waals surface area contributed by atoms with Crippen LogP contribution in [0.2, 0.25) is 0 Å². The second-order valence-corrected chi connectivity index (χ2v) is 8.39. The fourth-order valence-electron chi connectivity index (χ4n) is 2.97. The summed E-state index contributed by atoms with van der Waals surface area (Å²) in [5.74, 6) is -0.119. The van der Waals surface area contributed by atoms with E-state index in [9.17, 15) is 14.4 Å². The highest BCUT2D eigenvalue weighted by Crippen LogP contribution is 2.42. The highest BCUT2D eigenvalue weighted by Gasteiger charge is 2.35. The van der Waals surface area contributed by atoms with Gasteiger partial charge < -0.3 is 0 Å². The van der Waals surface area contributed by atoms with Gasteiger partial charge >= 0.3 is 0 Å². The molecule has 8 heteroatoms. The Morgan fingerprint density at radius 3 is 2.67 bits per heavy atom. The van der Waals surface area contributed by atoms with Crippen LogP contribution in [0.15, 0.2) is 18.2 Å². The molecule has 1 saturated carbocycles. The maximum atomic E-state index is 12.6. The molecule has 27 heavy (non-hydrogen) atoms. The third-order valence-corrected chi connectivity index (χ3v) is 5.75. The quantitative estimate of drug-likeness (QED) is 0.772. The minimum absolute atomic E-state index is 0.285. The maximum absolute atomic E-state index is 12.6. The maximum Gasteiger partial charge on any atom is 0.261 e. The van der Waals surface area contributed by atoms with Crippen LogP contribution in [0.4, 0.5) is 5.13 Å². The van der Waals surface area contributed by atoms with Gasteiger partial charge in [-0.15, -0.1) is 10.2 Å². The predicted molar refractivity (Wildman–Crippen MR) is 101 cm³/mol. The topological polar surface area (TPSA) is 92.3 Å². The van der Waals surface area contributed by atoms with Crippen molar-refractivity contribution in [2.75, 3.05) is 11.9 Å². The molecule has 1 aliphatic heterocycles. The Morgan fingerprint density at radius 2 is 1.96 bits per heavy atom. The van der Waals surface area contributed by atoms with E-state index in [2.05, 4.69) is 15.5 Å². The molecule has 0 bridgehead atoms. The first-order chi connectivity index (χ1) is 12.9. The van der Waals surface area contributed by atoms with Gasteiger partial charge in [0.2, 0.25) is 5.13 Å². The fourth-order valence-corrected chi connectivity index (χ4v) is 3.88. The van der Waals surface area contributed by atoms with E-state index in [0.29, 0.717) is 34.6 Å². The lowest BCUT2D eigenvalue weighted by atomic mass is 10.1. The van der Waals surface area contributed by atoms with E-state index in [1.54, 1.807) is 12.1 Å². The zero-order chi connectivity index (χ0) is 19.1. The van der Waals surface area contributed by atoms with E-state index in [0.717, 1.165) is 24.3 Å². The first-order valence-electron chi connectivity index (χ1n) is 9.09. The van der Waals surface area contributed by atoms with Gasteiger partial charge in [-0.25, -0.2) is 0 Å². The first kappa shape index (κ1) is 17.8. The molecule has 4 rings (SSSR count). The van der Waals surface area contributed by atoms with Crippen molar-refractivity contribution in [1.82, 2.24) is 15.1 Å². The van der Waals surface area contributed by atoms with Gasteiger partial charge in [-0.1, -0.05) is 25.2 Å². The normalized spacial score (nSPS) is 16.2. The molecule has 0 spiro atoms. The number of hydrogen-bond donors (Lipinski definition) is 1. The summed E-state index contributed by atoms with van der Waals surface area (Å²) in [7, 11) is 0. The monoisotopic (exact) mass is 384 g/mol. The molecule has 2 aliphatic rings. The van der Waals surface area contributed by atoms with E-state index in [1.807, 2.05) is 13.8 Å². The van der Waals surface area contributed by atoms with Gasteiger partial charge in [0.15, 0.2) is 0 Å². The molecule has 1 N–H and O–H groups in total. The SMILES string of the molecule is CC(C)CCN1C(=O)c2ccc(C(=O)Nc3nnc(C4CC4)s3)cc2C1=O. The Balaban J connectivity index is 1.50. The number of carbonyl (C=O) groups is 3. The molecule has 7 nitrogen and oxygen atoms in total. The minimum atomic E-state index is -0.364. The molecule has 1 aromatic heterocycles. The number of benzene rings is 1. The molecule has 1 aromatic carbocycles. The van der Waals surface area contributed by atoms with Crippen LogP contribution < -0.4 is 5.32 Å². The number of aromatic nitrogens is 2. The number of imide groups is 1. The van der Waals surface area contributed by atoms with Crippen LogP contribution in [0.5, 0.6) is 0 Å². The molecule has 3 amide bonds. The zero-order valence-electron chi connectivity index (χ0n) is 15.2. The van der Waals surface area contributed by atoms with Gasteiger partial charge in [0, 0.05) is 18.0 Å². The summed E-state index contributed by atoms with van der Waals surface area (Å²) in [6.07, 6.45) is 2.99. The van der Waals surface area contributed by atoms with Gasteiger partial charge in [-0.2, -0.15) is 0 Å². The highest BCUT2D eigenvalue weighted by molar-refractivity contribution is 7.15. The summed E-state index contributed by atoms with van der Waals surface area (Å²) in [6.45, 7) is 4.48. The minimum Gasteiger partial charge on any atom is -0.296 e. The van der Waals surface area contributed by atoms with Crippen LogP contribution in [0, 0.1) is 5.92 Å². The summed E-state index contributed by atoms with van der Waals surface area (Å²) < 4.78 is 0. The van der Waals surface area contributed by atoms with Crippen molar-refractivity contribution in [3.8, 4) is 0 Å². The molecular formula is C19H20N4O3S. The van der Waals surface area contributed by atoms with E-state index in [-0.39, 0.29) is 23.3 Å². The lowest BCUT2D eigenvalue weighted by molar-refractivity contribution is 0.0647. The van der Waals surface area contributed by atoms with Crippen molar-refractivity contribution in [2.45, 2.75) is 39.0 Å². The van der Waals surface area contributed by atoms with Gasteiger partial charge in [0.1, 0.15) is 5.01 Å². The third kappa shape index (κ3) is 3.49. The number of amides is 3. The number of nitrogens with zero attached hydrogens (tertiary/aromatic N) is 3. The van der Waals surface area contributed by atoms with Crippen LogP contribution in [0.25, 0.3) is 0 Å². The van der Waals surface area contributed by atoms with Crippen molar-refractivity contribution >= 4 is 34.2 Å². The van der Waals surface area contributed by atoms with E-state index >= 15 is 0 Å². The molecule has 0 unspecified atom stereocenters. The summed E-state index contributed by atoms with van der Waals surface area (Å²) >= 11 is 1.38. The lowest BCUT2D eigenvalue weighted by Gasteiger charge is -2.14. The average Bonchev–Trinajstić information content (AvgIpc) is 3.34. The van der Waals surface area contributed by atoms with Crippen LogP contribution in [0.3, 0.4) is 0 Å². The number of carbonyl (C=O) groups excluding carboxylic acids is 3. The number of hydrogen-bond acceptors (Lipinski definition) is 6. The molecule has 0 radical (unpaired) electrons. The molecular weight excluding hydrogens is 364 g/mol. The number of fused-ring (bicyclic) bond motifs is 1. The van der Waals surface area contributed by atoms with Gasteiger partial charge in [-0.3, -0.25) is 24.6 Å². The van der Waals surface area contributed by atoms with Crippen molar-refractivity contribution in [1.29, 1.82) is 0 Å². The van der Waals surface area contributed by atoms with Crippen molar-refractivity contribution in [3.05, 3.63) is 39.9 Å². The van der Waals surface area contributed by atoms with Crippen LogP contribution in [-0.2, 0) is 0 Å². The van der Waals surface area contributed by atoms with Crippen LogP contribution in [0.1, 0.15) is 75.1 Å². The number of anilines is 1. The summed E-state index contributed by atoms with van der Waals surface area (Å²) in [5, 5.41) is 12.2. The Morgan fingerprint density at radius 1 is 1.22 bits per heavy atom. The Labute approximate surface area is 160 Å². The lowest BCUT2D eigenvalue weighted by Crippen LogP contribution is -2.31. The molecule has 140 valence electrons. The molecule has 1 fully saturated rings. The van der Waals surface area contributed by atoms with Gasteiger partial charge in [0.25, 0.3) is 17.7 Å². The van der Waals surface area contributed by atoms with Crippen molar-refractivity contribution in [2.24, 2.45) is 5.92 Å². The molecule has 0 atom stereocenters.